The molecule has 6 heteroatoms. The molecule has 20 heavy (non-hydrogen) atoms. The summed E-state index contributed by atoms with van der Waals surface area (Å²) in [5, 5.41) is 1.93. The highest BCUT2D eigenvalue weighted by Gasteiger charge is 2.15. The number of carbonyl (C=O) groups is 1. The number of methoxy groups -OCH3 is 1. The number of nitrogens with one attached hydrogen (secondary N) is 1. The average molecular weight is 279 g/mol. The third kappa shape index (κ3) is 4.40. The number of rotatable bonds is 5. The molecule has 1 N–H and O–H groups in total. The molecular formula is C14H21N3O3. The van der Waals surface area contributed by atoms with E-state index in [1.54, 1.807) is 19.2 Å². The number of likely N-dealkylation sites (N-methyl/N-ethyl adjacent to an activating group) is 1. The lowest BCUT2D eigenvalue weighted by atomic mass is 10.3. The van der Waals surface area contributed by atoms with Gasteiger partial charge in [0, 0.05) is 32.2 Å². The molecule has 0 aliphatic carbocycles. The molecule has 2 rings (SSSR count). The number of nitrogens with zero attached hydrogens (tertiary/aromatic N) is 2. The molecule has 0 atom stereocenters. The van der Waals surface area contributed by atoms with E-state index in [0.29, 0.717) is 11.5 Å². The van der Waals surface area contributed by atoms with Crippen molar-refractivity contribution in [2.45, 2.75) is 0 Å². The van der Waals surface area contributed by atoms with Gasteiger partial charge in [0.05, 0.1) is 7.11 Å². The summed E-state index contributed by atoms with van der Waals surface area (Å²) < 4.78 is 10.5. The molecule has 1 aliphatic rings. The molecular weight excluding hydrogens is 258 g/mol. The maximum absolute atomic E-state index is 11.8. The molecule has 0 bridgehead atoms. The van der Waals surface area contributed by atoms with Gasteiger partial charge in [0.1, 0.15) is 11.5 Å². The Hall–Kier alpha value is -1.79. The number of benzene rings is 1. The Bertz CT molecular complexity index is 445. The van der Waals surface area contributed by atoms with Gasteiger partial charge in [-0.3, -0.25) is 10.2 Å². The van der Waals surface area contributed by atoms with Crippen LogP contribution in [-0.4, -0.2) is 62.8 Å². The first-order valence-corrected chi connectivity index (χ1v) is 6.67. The maximum Gasteiger partial charge on any atom is 0.272 e. The van der Waals surface area contributed by atoms with Crippen molar-refractivity contribution in [2.24, 2.45) is 0 Å². The summed E-state index contributed by atoms with van der Waals surface area (Å²) in [4.78, 5) is 14.0. The van der Waals surface area contributed by atoms with Gasteiger partial charge in [0.2, 0.25) is 0 Å². The monoisotopic (exact) mass is 279 g/mol. The van der Waals surface area contributed by atoms with E-state index in [-0.39, 0.29) is 12.5 Å². The van der Waals surface area contributed by atoms with Gasteiger partial charge in [-0.2, -0.15) is 0 Å². The van der Waals surface area contributed by atoms with E-state index in [1.807, 2.05) is 17.1 Å². The van der Waals surface area contributed by atoms with Crippen LogP contribution in [0.3, 0.4) is 0 Å². The molecule has 6 nitrogen and oxygen atoms in total. The van der Waals surface area contributed by atoms with Crippen molar-refractivity contribution < 1.29 is 14.3 Å². The molecule has 1 fully saturated rings. The van der Waals surface area contributed by atoms with Crippen LogP contribution in [0, 0.1) is 0 Å². The van der Waals surface area contributed by atoms with Crippen LogP contribution in [0.2, 0.25) is 0 Å². The third-order valence-corrected chi connectivity index (χ3v) is 3.20. The van der Waals surface area contributed by atoms with Crippen molar-refractivity contribution in [3.8, 4) is 11.5 Å². The number of hydrogen-bond donors (Lipinski definition) is 1. The predicted octanol–water partition coefficient (Wildman–Crippen LogP) is 0.353. The number of hydrogen-bond acceptors (Lipinski definition) is 5. The van der Waals surface area contributed by atoms with Gasteiger partial charge in [-0.15, -0.1) is 0 Å². The second kappa shape index (κ2) is 7.12. The predicted molar refractivity (Wildman–Crippen MR) is 75.7 cm³/mol. The first-order chi connectivity index (χ1) is 9.67. The van der Waals surface area contributed by atoms with Crippen LogP contribution in [-0.2, 0) is 4.79 Å². The Kier molecular flexibility index (Phi) is 5.20. The van der Waals surface area contributed by atoms with Gasteiger partial charge < -0.3 is 14.4 Å². The lowest BCUT2D eigenvalue weighted by Crippen LogP contribution is -2.53. The highest BCUT2D eigenvalue weighted by molar-refractivity contribution is 5.77. The zero-order valence-electron chi connectivity index (χ0n) is 12.0. The second-order valence-electron chi connectivity index (χ2n) is 4.79. The standard InChI is InChI=1S/C14H21N3O3/c1-16-6-8-17(9-7-16)15-14(18)11-20-13-5-3-4-12(10-13)19-2/h3-5,10H,6-9,11H2,1-2H3,(H,15,18). The Labute approximate surface area is 119 Å². The molecule has 1 heterocycles. The molecule has 1 amide bonds. The van der Waals surface area contributed by atoms with Gasteiger partial charge in [0.15, 0.2) is 6.61 Å². The molecule has 0 unspecified atom stereocenters. The Morgan fingerprint density at radius 3 is 2.65 bits per heavy atom. The lowest BCUT2D eigenvalue weighted by Gasteiger charge is -2.32. The van der Waals surface area contributed by atoms with Crippen molar-refractivity contribution in [1.29, 1.82) is 0 Å². The summed E-state index contributed by atoms with van der Waals surface area (Å²) in [5.74, 6) is 1.19. The Balaban J connectivity index is 1.74. The van der Waals surface area contributed by atoms with Crippen molar-refractivity contribution in [2.75, 3.05) is 46.9 Å². The molecule has 0 radical (unpaired) electrons. The lowest BCUT2D eigenvalue weighted by molar-refractivity contribution is -0.128. The SMILES string of the molecule is COc1cccc(OCC(=O)NN2CCN(C)CC2)c1. The van der Waals surface area contributed by atoms with Crippen LogP contribution in [0.5, 0.6) is 11.5 Å². The summed E-state index contributed by atoms with van der Waals surface area (Å²) in [6.45, 7) is 3.58. The zero-order chi connectivity index (χ0) is 14.4. The van der Waals surface area contributed by atoms with E-state index in [2.05, 4.69) is 17.4 Å². The first-order valence-electron chi connectivity index (χ1n) is 6.67. The van der Waals surface area contributed by atoms with Crippen molar-refractivity contribution in [1.82, 2.24) is 15.3 Å². The van der Waals surface area contributed by atoms with Crippen molar-refractivity contribution >= 4 is 5.91 Å². The molecule has 1 aliphatic heterocycles. The fraction of sp³-hybridized carbons (Fsp3) is 0.500. The van der Waals surface area contributed by atoms with Crippen LogP contribution in [0.25, 0.3) is 0 Å². The summed E-state index contributed by atoms with van der Waals surface area (Å²) in [6.07, 6.45) is 0. The fourth-order valence-electron chi connectivity index (χ4n) is 1.97. The maximum atomic E-state index is 11.8. The highest BCUT2D eigenvalue weighted by atomic mass is 16.5. The quantitative estimate of drug-likeness (QED) is 0.843. The minimum atomic E-state index is -0.141. The van der Waals surface area contributed by atoms with Gasteiger partial charge in [-0.25, -0.2) is 5.01 Å². The van der Waals surface area contributed by atoms with E-state index < -0.39 is 0 Å². The smallest absolute Gasteiger partial charge is 0.272 e. The summed E-state index contributed by atoms with van der Waals surface area (Å²) >= 11 is 0. The number of piperazine rings is 1. The number of amides is 1. The Morgan fingerprint density at radius 2 is 1.95 bits per heavy atom. The van der Waals surface area contributed by atoms with Gasteiger partial charge in [0.25, 0.3) is 5.91 Å². The van der Waals surface area contributed by atoms with Crippen LogP contribution in [0.4, 0.5) is 0 Å². The van der Waals surface area contributed by atoms with Crippen LogP contribution >= 0.6 is 0 Å². The normalized spacial score (nSPS) is 16.7. The van der Waals surface area contributed by atoms with E-state index in [4.69, 9.17) is 9.47 Å². The topological polar surface area (TPSA) is 54.0 Å². The van der Waals surface area contributed by atoms with Gasteiger partial charge in [-0.05, 0) is 19.2 Å². The molecule has 0 saturated carbocycles. The average Bonchev–Trinajstić information content (AvgIpc) is 2.48. The highest BCUT2D eigenvalue weighted by Crippen LogP contribution is 2.18. The summed E-state index contributed by atoms with van der Waals surface area (Å²) in [7, 11) is 3.67. The minimum absolute atomic E-state index is 0.000489. The largest absolute Gasteiger partial charge is 0.497 e. The Morgan fingerprint density at radius 1 is 1.25 bits per heavy atom. The van der Waals surface area contributed by atoms with Crippen LogP contribution in [0.1, 0.15) is 0 Å². The molecule has 1 saturated heterocycles. The molecule has 1 aromatic rings. The summed E-state index contributed by atoms with van der Waals surface area (Å²) in [6, 6.07) is 7.21. The zero-order valence-corrected chi connectivity index (χ0v) is 12.0. The van der Waals surface area contributed by atoms with Crippen molar-refractivity contribution in [3.63, 3.8) is 0 Å². The summed E-state index contributed by atoms with van der Waals surface area (Å²) in [5.41, 5.74) is 2.85. The number of carbonyl (C=O) groups excluding carboxylic acids is 1. The van der Waals surface area contributed by atoms with Gasteiger partial charge in [-0.1, -0.05) is 6.07 Å². The van der Waals surface area contributed by atoms with E-state index >= 15 is 0 Å². The molecule has 0 spiro atoms. The van der Waals surface area contributed by atoms with Crippen LogP contribution < -0.4 is 14.9 Å². The second-order valence-corrected chi connectivity index (χ2v) is 4.79. The van der Waals surface area contributed by atoms with E-state index in [1.165, 1.54) is 0 Å². The fourth-order valence-corrected chi connectivity index (χ4v) is 1.97. The van der Waals surface area contributed by atoms with Crippen LogP contribution in [0.15, 0.2) is 24.3 Å². The minimum Gasteiger partial charge on any atom is -0.497 e. The van der Waals surface area contributed by atoms with Crippen molar-refractivity contribution in [3.05, 3.63) is 24.3 Å². The third-order valence-electron chi connectivity index (χ3n) is 3.20. The number of ether oxygens (including phenoxy) is 2. The van der Waals surface area contributed by atoms with E-state index in [9.17, 15) is 4.79 Å². The molecule has 0 aromatic heterocycles. The first kappa shape index (κ1) is 14.6. The number of hydrazine groups is 1. The van der Waals surface area contributed by atoms with E-state index in [0.717, 1.165) is 26.2 Å². The molecule has 110 valence electrons. The van der Waals surface area contributed by atoms with Gasteiger partial charge >= 0.3 is 0 Å². The molecule has 1 aromatic carbocycles.